The maximum Gasteiger partial charge on any atom is 0.220 e. The summed E-state index contributed by atoms with van der Waals surface area (Å²) in [5.74, 6) is -0.0723. The molecule has 0 aliphatic rings. The van der Waals surface area contributed by atoms with Gasteiger partial charge in [-0.1, -0.05) is 244 Å². The van der Waals surface area contributed by atoms with E-state index in [1.807, 2.05) is 6.08 Å². The highest BCUT2D eigenvalue weighted by Gasteiger charge is 2.17. The van der Waals surface area contributed by atoms with Gasteiger partial charge in [0.05, 0.1) is 18.8 Å². The topological polar surface area (TPSA) is 69.6 Å². The van der Waals surface area contributed by atoms with Crippen LogP contribution in [-0.2, 0) is 4.79 Å². The van der Waals surface area contributed by atoms with Crippen molar-refractivity contribution in [1.82, 2.24) is 5.32 Å². The Morgan fingerprint density at radius 3 is 1.12 bits per heavy atom. The Labute approximate surface area is 326 Å². The SMILES string of the molecule is CCCCC/C=C/CC/C=C/C(O)C(CO)NC(=O)CCCCCCCCCCCCCCCCCCCCCCCCCCCCCCCCC. The molecule has 308 valence electrons. The Bertz CT molecular complexity index is 750. The van der Waals surface area contributed by atoms with Crippen LogP contribution in [-0.4, -0.2) is 34.9 Å². The van der Waals surface area contributed by atoms with E-state index in [2.05, 4.69) is 31.3 Å². The maximum atomic E-state index is 12.3. The minimum absolute atomic E-state index is 0.0723. The molecule has 2 unspecified atom stereocenters. The number of aliphatic hydroxyl groups is 2. The first kappa shape index (κ1) is 50.9. The van der Waals surface area contributed by atoms with Crippen molar-refractivity contribution >= 4 is 5.91 Å². The molecule has 1 amide bonds. The maximum absolute atomic E-state index is 12.3. The van der Waals surface area contributed by atoms with E-state index in [9.17, 15) is 15.0 Å². The third kappa shape index (κ3) is 40.1. The van der Waals surface area contributed by atoms with Crippen LogP contribution in [0.5, 0.6) is 0 Å². The van der Waals surface area contributed by atoms with Gasteiger partial charge in [0.2, 0.25) is 5.91 Å². The van der Waals surface area contributed by atoms with Crippen molar-refractivity contribution in [3.63, 3.8) is 0 Å². The number of hydrogen-bond donors (Lipinski definition) is 3. The molecule has 0 aromatic rings. The van der Waals surface area contributed by atoms with E-state index >= 15 is 0 Å². The molecule has 0 bridgehead atoms. The molecule has 2 atom stereocenters. The molecule has 0 aliphatic carbocycles. The van der Waals surface area contributed by atoms with Gasteiger partial charge in [-0.2, -0.15) is 0 Å². The third-order valence-electron chi connectivity index (χ3n) is 10.9. The lowest BCUT2D eigenvalue weighted by Crippen LogP contribution is -2.45. The summed E-state index contributed by atoms with van der Waals surface area (Å²) in [5, 5.41) is 22.8. The number of unbranched alkanes of at least 4 members (excludes halogenated alkanes) is 34. The summed E-state index contributed by atoms with van der Waals surface area (Å²) in [6.07, 6.45) is 57.6. The monoisotopic (exact) mass is 732 g/mol. The average Bonchev–Trinajstić information content (AvgIpc) is 3.15. The number of aliphatic hydroxyl groups excluding tert-OH is 2. The molecule has 0 aromatic carbocycles. The van der Waals surface area contributed by atoms with E-state index in [0.717, 1.165) is 32.1 Å². The van der Waals surface area contributed by atoms with Gasteiger partial charge in [-0.05, 0) is 32.1 Å². The predicted molar refractivity (Wildman–Crippen MR) is 230 cm³/mol. The van der Waals surface area contributed by atoms with E-state index in [1.54, 1.807) is 6.08 Å². The second kappa shape index (κ2) is 44.3. The smallest absolute Gasteiger partial charge is 0.220 e. The number of nitrogens with one attached hydrogen (secondary N) is 1. The average molecular weight is 732 g/mol. The van der Waals surface area contributed by atoms with Gasteiger partial charge < -0.3 is 15.5 Å². The Hall–Kier alpha value is -1.13. The highest BCUT2D eigenvalue weighted by atomic mass is 16.3. The summed E-state index contributed by atoms with van der Waals surface area (Å²) in [7, 11) is 0. The first-order valence-corrected chi connectivity index (χ1v) is 23.6. The Balaban J connectivity index is 3.38. The van der Waals surface area contributed by atoms with Gasteiger partial charge in [0.1, 0.15) is 0 Å². The summed E-state index contributed by atoms with van der Waals surface area (Å²) in [6, 6.07) is -0.633. The van der Waals surface area contributed by atoms with Gasteiger partial charge >= 0.3 is 0 Å². The number of amides is 1. The third-order valence-corrected chi connectivity index (χ3v) is 10.9. The molecule has 0 spiro atoms. The van der Waals surface area contributed by atoms with Crippen LogP contribution in [0.15, 0.2) is 24.3 Å². The van der Waals surface area contributed by atoms with Crippen LogP contribution in [0.3, 0.4) is 0 Å². The molecule has 0 rings (SSSR count). The van der Waals surface area contributed by atoms with Crippen molar-refractivity contribution in [3.05, 3.63) is 24.3 Å². The molecule has 4 heteroatoms. The molecule has 52 heavy (non-hydrogen) atoms. The molecule has 0 aliphatic heterocycles. The summed E-state index contributed by atoms with van der Waals surface area (Å²) in [6.45, 7) is 4.26. The zero-order valence-electron chi connectivity index (χ0n) is 35.3. The van der Waals surface area contributed by atoms with Crippen LogP contribution < -0.4 is 5.32 Å². The van der Waals surface area contributed by atoms with Crippen molar-refractivity contribution in [2.75, 3.05) is 6.61 Å². The Kier molecular flexibility index (Phi) is 43.3. The highest BCUT2D eigenvalue weighted by Crippen LogP contribution is 2.17. The second-order valence-electron chi connectivity index (χ2n) is 16.2. The zero-order valence-corrected chi connectivity index (χ0v) is 35.3. The molecular weight excluding hydrogens is 639 g/mol. The summed E-state index contributed by atoms with van der Waals surface area (Å²) < 4.78 is 0. The molecule has 0 fully saturated rings. The number of rotatable bonds is 43. The molecule has 0 heterocycles. The van der Waals surface area contributed by atoms with E-state index < -0.39 is 12.1 Å². The second-order valence-corrected chi connectivity index (χ2v) is 16.2. The van der Waals surface area contributed by atoms with Crippen LogP contribution >= 0.6 is 0 Å². The first-order chi connectivity index (χ1) is 25.7. The fourth-order valence-electron chi connectivity index (χ4n) is 7.31. The van der Waals surface area contributed by atoms with E-state index in [0.29, 0.717) is 6.42 Å². The first-order valence-electron chi connectivity index (χ1n) is 23.6. The van der Waals surface area contributed by atoms with Crippen molar-refractivity contribution in [3.8, 4) is 0 Å². The van der Waals surface area contributed by atoms with Crippen LogP contribution in [0.4, 0.5) is 0 Å². The van der Waals surface area contributed by atoms with Crippen molar-refractivity contribution in [2.24, 2.45) is 0 Å². The van der Waals surface area contributed by atoms with Crippen molar-refractivity contribution < 1.29 is 15.0 Å². The molecule has 4 nitrogen and oxygen atoms in total. The van der Waals surface area contributed by atoms with Crippen LogP contribution in [0.25, 0.3) is 0 Å². The van der Waals surface area contributed by atoms with Crippen LogP contribution in [0.2, 0.25) is 0 Å². The molecule has 0 radical (unpaired) electrons. The lowest BCUT2D eigenvalue weighted by molar-refractivity contribution is -0.123. The van der Waals surface area contributed by atoms with E-state index in [1.165, 1.54) is 205 Å². The van der Waals surface area contributed by atoms with Crippen LogP contribution in [0, 0.1) is 0 Å². The van der Waals surface area contributed by atoms with Crippen molar-refractivity contribution in [1.29, 1.82) is 0 Å². The number of carbonyl (C=O) groups excluding carboxylic acids is 1. The molecule has 0 saturated carbocycles. The summed E-state index contributed by atoms with van der Waals surface area (Å²) in [4.78, 5) is 12.3. The normalized spacial score (nSPS) is 13.1. The predicted octanol–water partition coefficient (Wildman–Crippen LogP) is 14.8. The minimum Gasteiger partial charge on any atom is -0.394 e. The van der Waals surface area contributed by atoms with Gasteiger partial charge in [-0.25, -0.2) is 0 Å². The van der Waals surface area contributed by atoms with Crippen LogP contribution in [0.1, 0.15) is 258 Å². The molecular formula is C48H93NO3. The summed E-state index contributed by atoms with van der Waals surface area (Å²) in [5.41, 5.74) is 0. The lowest BCUT2D eigenvalue weighted by Gasteiger charge is -2.19. The minimum atomic E-state index is -0.856. The van der Waals surface area contributed by atoms with E-state index in [4.69, 9.17) is 0 Å². The van der Waals surface area contributed by atoms with Crippen molar-refractivity contribution in [2.45, 2.75) is 270 Å². The van der Waals surface area contributed by atoms with E-state index in [-0.39, 0.29) is 12.5 Å². The fraction of sp³-hybridized carbons (Fsp3) is 0.896. The fourth-order valence-corrected chi connectivity index (χ4v) is 7.31. The quantitative estimate of drug-likeness (QED) is 0.0432. The lowest BCUT2D eigenvalue weighted by atomic mass is 10.0. The van der Waals surface area contributed by atoms with Gasteiger partial charge in [0, 0.05) is 6.42 Å². The Morgan fingerprint density at radius 2 is 0.750 bits per heavy atom. The largest absolute Gasteiger partial charge is 0.394 e. The molecule has 0 saturated heterocycles. The van der Waals surface area contributed by atoms with Gasteiger partial charge in [-0.3, -0.25) is 4.79 Å². The van der Waals surface area contributed by atoms with Gasteiger partial charge in [-0.15, -0.1) is 0 Å². The number of carbonyl (C=O) groups is 1. The standard InChI is InChI=1S/C48H93NO3/c1-3-5-7-9-11-13-14-15-16-17-18-19-20-21-22-23-24-25-26-27-28-29-30-31-32-33-34-36-38-40-42-44-48(52)49-46(45-50)47(51)43-41-39-37-35-12-10-8-6-4-2/h12,35,41,43,46-47,50-51H,3-11,13-34,36-40,42,44-45H2,1-2H3,(H,49,52)/b35-12+,43-41+. The zero-order chi connectivity index (χ0) is 37.8. The van der Waals surface area contributed by atoms with Gasteiger partial charge in [0.25, 0.3) is 0 Å². The Morgan fingerprint density at radius 1 is 0.442 bits per heavy atom. The highest BCUT2D eigenvalue weighted by molar-refractivity contribution is 5.76. The number of hydrogen-bond acceptors (Lipinski definition) is 3. The molecule has 3 N–H and O–H groups in total. The molecule has 0 aromatic heterocycles. The number of allylic oxidation sites excluding steroid dienone is 3. The summed E-state index contributed by atoms with van der Waals surface area (Å²) >= 11 is 0. The van der Waals surface area contributed by atoms with Gasteiger partial charge in [0.15, 0.2) is 0 Å².